The molecule has 1 amide bonds. The number of hydrogen-bond donors (Lipinski definition) is 0. The van der Waals surface area contributed by atoms with E-state index in [0.29, 0.717) is 28.9 Å². The third-order valence-electron chi connectivity index (χ3n) is 5.01. The number of benzene rings is 2. The van der Waals surface area contributed by atoms with E-state index in [9.17, 15) is 4.79 Å². The lowest BCUT2D eigenvalue weighted by Gasteiger charge is -2.18. The van der Waals surface area contributed by atoms with E-state index in [4.69, 9.17) is 19.2 Å². The number of hydrogen-bond acceptors (Lipinski definition) is 7. The number of methoxy groups -OCH3 is 3. The molecule has 9 heteroatoms. The van der Waals surface area contributed by atoms with Gasteiger partial charge in [-0.3, -0.25) is 14.7 Å². The Bertz CT molecular complexity index is 1320. The Labute approximate surface area is 209 Å². The maximum atomic E-state index is 13.4. The van der Waals surface area contributed by atoms with Crippen LogP contribution >= 0.6 is 27.3 Å². The van der Waals surface area contributed by atoms with Gasteiger partial charge < -0.3 is 14.2 Å². The molecule has 2 aromatic carbocycles. The third kappa shape index (κ3) is 5.21. The Morgan fingerprint density at radius 1 is 1.09 bits per heavy atom. The van der Waals surface area contributed by atoms with Gasteiger partial charge in [0.2, 0.25) is 5.75 Å². The zero-order valence-corrected chi connectivity index (χ0v) is 21.2. The molecule has 0 radical (unpaired) electrons. The molecule has 7 nitrogen and oxygen atoms in total. The molecule has 0 spiro atoms. The molecule has 0 fully saturated rings. The molecule has 0 saturated heterocycles. The number of fused-ring (bicyclic) bond motifs is 1. The number of pyridine rings is 1. The van der Waals surface area contributed by atoms with E-state index in [1.54, 1.807) is 56.8 Å². The van der Waals surface area contributed by atoms with Crippen molar-refractivity contribution >= 4 is 54.6 Å². The van der Waals surface area contributed by atoms with Crippen molar-refractivity contribution in [3.05, 3.63) is 76.5 Å². The molecular weight excluding hydrogens is 518 g/mol. The largest absolute Gasteiger partial charge is 0.493 e. The van der Waals surface area contributed by atoms with Crippen LogP contribution in [0.3, 0.4) is 0 Å². The molecule has 0 bridgehead atoms. The molecule has 174 valence electrons. The van der Waals surface area contributed by atoms with Crippen molar-refractivity contribution in [2.45, 2.75) is 6.54 Å². The molecule has 34 heavy (non-hydrogen) atoms. The number of ether oxygens (including phenoxy) is 3. The summed E-state index contributed by atoms with van der Waals surface area (Å²) >= 11 is 4.95. The minimum absolute atomic E-state index is 0.212. The highest BCUT2D eigenvalue weighted by Gasteiger charge is 2.19. The topological polar surface area (TPSA) is 73.8 Å². The summed E-state index contributed by atoms with van der Waals surface area (Å²) in [5.41, 5.74) is 2.47. The average molecular weight is 540 g/mol. The number of rotatable bonds is 8. The number of anilines is 1. The number of carbonyl (C=O) groups excluding carboxylic acids is 1. The average Bonchev–Trinajstić information content (AvgIpc) is 3.28. The number of carbonyl (C=O) groups is 1. The second-order valence-corrected chi connectivity index (χ2v) is 9.11. The Hall–Kier alpha value is -3.43. The van der Waals surface area contributed by atoms with E-state index in [1.165, 1.54) is 17.4 Å². The van der Waals surface area contributed by atoms with Crippen LogP contribution < -0.4 is 19.1 Å². The van der Waals surface area contributed by atoms with Crippen LogP contribution in [0.5, 0.6) is 17.2 Å². The number of aromatic nitrogens is 2. The molecule has 0 aliphatic heterocycles. The molecular formula is C25H22BrN3O4S. The Morgan fingerprint density at radius 2 is 1.85 bits per heavy atom. The SMILES string of the molecule is COc1cc(/C=C/C(=O)N(Cc2cccnc2)c2nc3ccc(Br)cc3s2)cc(OC)c1OC. The van der Waals surface area contributed by atoms with Crippen molar-refractivity contribution in [1.29, 1.82) is 0 Å². The first-order valence-electron chi connectivity index (χ1n) is 10.3. The zero-order chi connectivity index (χ0) is 24.1. The van der Waals surface area contributed by atoms with Crippen LogP contribution in [-0.2, 0) is 11.3 Å². The molecule has 0 unspecified atom stereocenters. The lowest BCUT2D eigenvalue weighted by Crippen LogP contribution is -2.28. The van der Waals surface area contributed by atoms with Gasteiger partial charge in [0, 0.05) is 22.9 Å². The maximum Gasteiger partial charge on any atom is 0.253 e. The fraction of sp³-hybridized carbons (Fsp3) is 0.160. The summed E-state index contributed by atoms with van der Waals surface area (Å²) in [7, 11) is 4.65. The van der Waals surface area contributed by atoms with Gasteiger partial charge in [-0.15, -0.1) is 0 Å². The monoisotopic (exact) mass is 539 g/mol. The summed E-state index contributed by atoms with van der Waals surface area (Å²) in [5.74, 6) is 1.30. The smallest absolute Gasteiger partial charge is 0.253 e. The molecule has 4 rings (SSSR count). The van der Waals surface area contributed by atoms with Gasteiger partial charge in [0.15, 0.2) is 16.6 Å². The minimum Gasteiger partial charge on any atom is -0.493 e. The summed E-state index contributed by atoms with van der Waals surface area (Å²) < 4.78 is 18.1. The van der Waals surface area contributed by atoms with Crippen molar-refractivity contribution < 1.29 is 19.0 Å². The minimum atomic E-state index is -0.212. The van der Waals surface area contributed by atoms with E-state index < -0.39 is 0 Å². The van der Waals surface area contributed by atoms with Gasteiger partial charge in [-0.25, -0.2) is 4.98 Å². The van der Waals surface area contributed by atoms with Gasteiger partial charge >= 0.3 is 0 Å². The first kappa shape index (κ1) is 23.7. The van der Waals surface area contributed by atoms with Crippen LogP contribution in [0.25, 0.3) is 16.3 Å². The second kappa shape index (κ2) is 10.7. The maximum absolute atomic E-state index is 13.4. The van der Waals surface area contributed by atoms with Crippen molar-refractivity contribution in [1.82, 2.24) is 9.97 Å². The normalized spacial score (nSPS) is 11.1. The highest BCUT2D eigenvalue weighted by Crippen LogP contribution is 2.38. The summed E-state index contributed by atoms with van der Waals surface area (Å²) in [6.07, 6.45) is 6.67. The van der Waals surface area contributed by atoms with Crippen molar-refractivity contribution in [3.8, 4) is 17.2 Å². The highest BCUT2D eigenvalue weighted by atomic mass is 79.9. The van der Waals surface area contributed by atoms with Crippen LogP contribution in [0, 0.1) is 0 Å². The number of thiazole rings is 1. The Balaban J connectivity index is 1.68. The lowest BCUT2D eigenvalue weighted by atomic mass is 10.1. The first-order chi connectivity index (χ1) is 16.5. The first-order valence-corrected chi connectivity index (χ1v) is 11.9. The summed E-state index contributed by atoms with van der Waals surface area (Å²) in [5, 5.41) is 0.608. The third-order valence-corrected chi connectivity index (χ3v) is 6.54. The zero-order valence-electron chi connectivity index (χ0n) is 18.8. The number of halogens is 1. The molecule has 0 saturated carbocycles. The van der Waals surface area contributed by atoms with Gasteiger partial charge in [0.25, 0.3) is 5.91 Å². The van der Waals surface area contributed by atoms with Gasteiger partial charge in [0.1, 0.15) is 0 Å². The van der Waals surface area contributed by atoms with Gasteiger partial charge in [-0.2, -0.15) is 0 Å². The highest BCUT2D eigenvalue weighted by molar-refractivity contribution is 9.10. The van der Waals surface area contributed by atoms with E-state index in [2.05, 4.69) is 20.9 Å². The van der Waals surface area contributed by atoms with E-state index in [0.717, 1.165) is 25.8 Å². The van der Waals surface area contributed by atoms with Crippen molar-refractivity contribution in [3.63, 3.8) is 0 Å². The molecule has 4 aromatic rings. The molecule has 0 aliphatic rings. The Morgan fingerprint density at radius 3 is 2.50 bits per heavy atom. The van der Waals surface area contributed by atoms with Gasteiger partial charge in [-0.1, -0.05) is 33.3 Å². The predicted octanol–water partition coefficient (Wildman–Crippen LogP) is 5.73. The van der Waals surface area contributed by atoms with Crippen LogP contribution in [0.4, 0.5) is 5.13 Å². The van der Waals surface area contributed by atoms with Crippen LogP contribution in [0.2, 0.25) is 0 Å². The second-order valence-electron chi connectivity index (χ2n) is 7.19. The lowest BCUT2D eigenvalue weighted by molar-refractivity contribution is -0.114. The van der Waals surface area contributed by atoms with Gasteiger partial charge in [-0.05, 0) is 53.6 Å². The molecule has 0 N–H and O–H groups in total. The molecule has 2 aromatic heterocycles. The van der Waals surface area contributed by atoms with Crippen molar-refractivity contribution in [2.24, 2.45) is 0 Å². The van der Waals surface area contributed by atoms with Gasteiger partial charge in [0.05, 0.1) is 38.1 Å². The quantitative estimate of drug-likeness (QED) is 0.266. The van der Waals surface area contributed by atoms with Crippen LogP contribution in [0.1, 0.15) is 11.1 Å². The van der Waals surface area contributed by atoms with Crippen LogP contribution in [-0.4, -0.2) is 37.2 Å². The van der Waals surface area contributed by atoms with E-state index in [1.807, 2.05) is 30.3 Å². The molecule has 0 aliphatic carbocycles. The summed E-state index contributed by atoms with van der Waals surface area (Å²) in [6.45, 7) is 0.341. The summed E-state index contributed by atoms with van der Waals surface area (Å²) in [6, 6.07) is 13.2. The fourth-order valence-electron chi connectivity index (χ4n) is 3.37. The number of nitrogens with zero attached hydrogens (tertiary/aromatic N) is 3. The standard InChI is InChI=1S/C25H22BrN3O4S/c1-31-20-11-16(12-21(32-2)24(20)33-3)6-9-23(30)29(15-17-5-4-10-27-14-17)25-28-19-8-7-18(26)13-22(19)34-25/h4-14H,15H2,1-3H3/b9-6+. The Kier molecular flexibility index (Phi) is 7.44. The van der Waals surface area contributed by atoms with E-state index in [-0.39, 0.29) is 5.91 Å². The number of amides is 1. The fourth-order valence-corrected chi connectivity index (χ4v) is 4.89. The molecule has 2 heterocycles. The molecule has 0 atom stereocenters. The van der Waals surface area contributed by atoms with Crippen molar-refractivity contribution in [2.75, 3.05) is 26.2 Å². The summed E-state index contributed by atoms with van der Waals surface area (Å²) in [4.78, 5) is 23.9. The van der Waals surface area contributed by atoms with E-state index >= 15 is 0 Å². The van der Waals surface area contributed by atoms with Crippen LogP contribution in [0.15, 0.2) is 65.4 Å². The predicted molar refractivity (Wildman–Crippen MR) is 138 cm³/mol.